The predicted octanol–water partition coefficient (Wildman–Crippen LogP) is 6.45. The molecule has 0 aromatic heterocycles. The monoisotopic (exact) mass is 595 g/mol. The molecule has 0 saturated heterocycles. The minimum Gasteiger partial charge on any atom is -0.442 e. The lowest BCUT2D eigenvalue weighted by Crippen LogP contribution is -2.43. The Morgan fingerprint density at radius 3 is 2.48 bits per heavy atom. The van der Waals surface area contributed by atoms with E-state index < -0.39 is 29.9 Å². The first-order valence-corrected chi connectivity index (χ1v) is 11.3. The summed E-state index contributed by atoms with van der Waals surface area (Å²) >= 11 is 8.15. The predicted molar refractivity (Wildman–Crippen MR) is 128 cm³/mol. The Labute approximate surface area is 208 Å². The first-order chi connectivity index (χ1) is 15.1. The van der Waals surface area contributed by atoms with Crippen LogP contribution >= 0.6 is 34.2 Å². The molecule has 0 saturated carbocycles. The highest BCUT2D eigenvalue weighted by Crippen LogP contribution is 2.49. The number of ether oxygens (including phenoxy) is 1. The fraction of sp³-hybridized carbons (Fsp3) is 0.364. The molecule has 0 spiro atoms. The van der Waals surface area contributed by atoms with Gasteiger partial charge in [-0.05, 0) is 80.1 Å². The van der Waals surface area contributed by atoms with Crippen LogP contribution in [0.15, 0.2) is 41.6 Å². The highest BCUT2D eigenvalue weighted by atomic mass is 127. The third kappa shape index (κ3) is 5.38. The van der Waals surface area contributed by atoms with E-state index in [0.717, 1.165) is 0 Å². The van der Waals surface area contributed by atoms with Crippen molar-refractivity contribution in [3.8, 4) is 0 Å². The van der Waals surface area contributed by atoms with Crippen LogP contribution in [0.5, 0.6) is 0 Å². The number of hydrazine groups is 1. The third-order valence-electron chi connectivity index (χ3n) is 4.82. The van der Waals surface area contributed by atoms with Crippen molar-refractivity contribution in [1.82, 2.24) is 0 Å². The topological polar surface area (TPSA) is 77.2 Å². The molecule has 1 atom stereocenters. The number of hydrogen-bond acceptors (Lipinski definition) is 5. The van der Waals surface area contributed by atoms with Gasteiger partial charge in [0.05, 0.1) is 16.4 Å². The smallest absolute Gasteiger partial charge is 0.435 e. The van der Waals surface area contributed by atoms with E-state index in [2.05, 4.69) is 5.16 Å². The van der Waals surface area contributed by atoms with Gasteiger partial charge in [0.25, 0.3) is 5.60 Å². The van der Waals surface area contributed by atoms with Crippen LogP contribution < -0.4 is 10.9 Å². The lowest BCUT2D eigenvalue weighted by atomic mass is 9.86. The van der Waals surface area contributed by atoms with E-state index in [-0.39, 0.29) is 27.5 Å². The number of hydrogen-bond donors (Lipinski definition) is 1. The van der Waals surface area contributed by atoms with Gasteiger partial charge in [0, 0.05) is 21.1 Å². The number of alkyl halides is 3. The van der Waals surface area contributed by atoms with Crippen LogP contribution in [0.3, 0.4) is 0 Å². The Morgan fingerprint density at radius 1 is 1.24 bits per heavy atom. The summed E-state index contributed by atoms with van der Waals surface area (Å²) in [5, 5.41) is 4.59. The number of anilines is 1. The molecule has 2 aromatic carbocycles. The molecular formula is C22H22ClF3IN3O3. The van der Waals surface area contributed by atoms with Gasteiger partial charge in [-0.3, -0.25) is 0 Å². The average Bonchev–Trinajstić information content (AvgIpc) is 3.12. The number of carbonyl (C=O) groups excluding carboxylic acids is 1. The molecule has 1 aliphatic heterocycles. The van der Waals surface area contributed by atoms with Gasteiger partial charge in [-0.1, -0.05) is 28.9 Å². The van der Waals surface area contributed by atoms with E-state index in [1.54, 1.807) is 33.8 Å². The van der Waals surface area contributed by atoms with Crippen LogP contribution in [-0.2, 0) is 15.2 Å². The van der Waals surface area contributed by atoms with Gasteiger partial charge >= 0.3 is 12.3 Å². The molecular weight excluding hydrogens is 574 g/mol. The number of oxime groups is 1. The molecule has 6 nitrogen and oxygen atoms in total. The number of nitrogens with two attached hydrogens (primary N) is 1. The molecule has 0 aliphatic carbocycles. The molecule has 1 aliphatic rings. The van der Waals surface area contributed by atoms with E-state index >= 15 is 0 Å². The van der Waals surface area contributed by atoms with Gasteiger partial charge < -0.3 is 9.57 Å². The summed E-state index contributed by atoms with van der Waals surface area (Å²) in [5.74, 6) is 5.88. The summed E-state index contributed by atoms with van der Waals surface area (Å²) in [6.45, 7) is 6.73. The number of rotatable bonds is 3. The van der Waals surface area contributed by atoms with Gasteiger partial charge in [-0.15, -0.1) is 0 Å². The molecule has 178 valence electrons. The maximum Gasteiger partial charge on any atom is 0.435 e. The first kappa shape index (κ1) is 25.6. The van der Waals surface area contributed by atoms with E-state index in [9.17, 15) is 18.0 Å². The second kappa shape index (κ2) is 8.95. The van der Waals surface area contributed by atoms with Crippen molar-refractivity contribution in [3.05, 3.63) is 61.7 Å². The van der Waals surface area contributed by atoms with Crippen LogP contribution in [0.4, 0.5) is 23.7 Å². The molecule has 11 heteroatoms. The number of nitrogens with zero attached hydrogens (tertiary/aromatic N) is 2. The van der Waals surface area contributed by atoms with Crippen LogP contribution in [-0.4, -0.2) is 23.6 Å². The lowest BCUT2D eigenvalue weighted by Gasteiger charge is -2.30. The van der Waals surface area contributed by atoms with Crippen molar-refractivity contribution in [2.75, 3.05) is 5.01 Å². The lowest BCUT2D eigenvalue weighted by molar-refractivity contribution is -0.275. The zero-order chi connectivity index (χ0) is 24.8. The Kier molecular flexibility index (Phi) is 6.94. The second-order valence-corrected chi connectivity index (χ2v) is 10.3. The largest absolute Gasteiger partial charge is 0.442 e. The molecule has 1 unspecified atom stereocenters. The maximum absolute atomic E-state index is 14.3. The Hall–Kier alpha value is -2.05. The summed E-state index contributed by atoms with van der Waals surface area (Å²) in [4.78, 5) is 17.4. The second-order valence-electron chi connectivity index (χ2n) is 8.66. The average molecular weight is 596 g/mol. The van der Waals surface area contributed by atoms with Crippen molar-refractivity contribution in [2.45, 2.75) is 51.5 Å². The number of halogens is 5. The summed E-state index contributed by atoms with van der Waals surface area (Å²) in [7, 11) is 0. The highest BCUT2D eigenvalue weighted by Gasteiger charge is 2.62. The van der Waals surface area contributed by atoms with Gasteiger partial charge in [0.2, 0.25) is 0 Å². The maximum atomic E-state index is 14.3. The molecule has 0 radical (unpaired) electrons. The number of aryl methyl sites for hydroxylation is 1. The summed E-state index contributed by atoms with van der Waals surface area (Å²) in [6, 6.07) is 8.91. The van der Waals surface area contributed by atoms with Crippen molar-refractivity contribution in [3.63, 3.8) is 0 Å². The van der Waals surface area contributed by atoms with Crippen molar-refractivity contribution >= 4 is 51.7 Å². The molecule has 1 amide bonds. The molecule has 3 rings (SSSR count). The van der Waals surface area contributed by atoms with Gasteiger partial charge in [-0.25, -0.2) is 15.6 Å². The Balaban J connectivity index is 1.97. The SMILES string of the molecule is Cc1cc(I)cc(C2(C(F)(F)F)CC(c3ccc(Cl)c(N(N)C(=O)OC(C)(C)C)c3)=NO2)c1. The van der Waals surface area contributed by atoms with Gasteiger partial charge in [0.1, 0.15) is 5.60 Å². The molecule has 1 heterocycles. The normalized spacial score (nSPS) is 18.5. The van der Waals surface area contributed by atoms with Crippen LogP contribution in [0.25, 0.3) is 0 Å². The Bertz CT molecular complexity index is 1100. The fourth-order valence-electron chi connectivity index (χ4n) is 3.31. The van der Waals surface area contributed by atoms with Gasteiger partial charge in [0.15, 0.2) is 0 Å². The summed E-state index contributed by atoms with van der Waals surface area (Å²) < 4.78 is 48.7. The minimum atomic E-state index is -4.74. The molecule has 2 N–H and O–H groups in total. The van der Waals surface area contributed by atoms with E-state index in [0.29, 0.717) is 14.1 Å². The highest BCUT2D eigenvalue weighted by molar-refractivity contribution is 14.1. The quantitative estimate of drug-likeness (QED) is 0.192. The summed E-state index contributed by atoms with van der Waals surface area (Å²) in [6.07, 6.45) is -6.17. The zero-order valence-electron chi connectivity index (χ0n) is 18.3. The van der Waals surface area contributed by atoms with E-state index in [4.69, 9.17) is 27.0 Å². The van der Waals surface area contributed by atoms with Crippen LogP contribution in [0.1, 0.15) is 43.9 Å². The molecule has 33 heavy (non-hydrogen) atoms. The van der Waals surface area contributed by atoms with E-state index in [1.807, 2.05) is 22.6 Å². The molecule has 2 aromatic rings. The zero-order valence-corrected chi connectivity index (χ0v) is 21.2. The number of amides is 1. The molecule has 0 bridgehead atoms. The minimum absolute atomic E-state index is 0.0402. The first-order valence-electron chi connectivity index (χ1n) is 9.80. The number of benzene rings is 2. The number of carbonyl (C=O) groups is 1. The van der Waals surface area contributed by atoms with Gasteiger partial charge in [-0.2, -0.15) is 13.2 Å². The van der Waals surface area contributed by atoms with Crippen LogP contribution in [0, 0.1) is 10.5 Å². The van der Waals surface area contributed by atoms with Crippen LogP contribution in [0.2, 0.25) is 5.02 Å². The van der Waals surface area contributed by atoms with Crippen molar-refractivity contribution in [2.24, 2.45) is 11.0 Å². The van der Waals surface area contributed by atoms with E-state index in [1.165, 1.54) is 30.3 Å². The Morgan fingerprint density at radius 2 is 1.91 bits per heavy atom. The van der Waals surface area contributed by atoms with Crippen molar-refractivity contribution in [1.29, 1.82) is 0 Å². The standard InChI is InChI=1S/C22H22ClF3IN3O3/c1-12-7-14(10-15(27)8-12)21(22(24,25)26)11-17(29-33-21)13-5-6-16(23)18(9-13)30(28)19(31)32-20(2,3)4/h5-10H,11,28H2,1-4H3. The third-order valence-corrected chi connectivity index (χ3v) is 5.77. The fourth-order valence-corrected chi connectivity index (χ4v) is 4.35. The summed E-state index contributed by atoms with van der Waals surface area (Å²) in [5.41, 5.74) is -2.44. The van der Waals surface area contributed by atoms with Crippen molar-refractivity contribution < 1.29 is 27.5 Å². The molecule has 0 fully saturated rings.